The first kappa shape index (κ1) is 10.5. The lowest BCUT2D eigenvalue weighted by molar-refractivity contribution is -0.000000699. The molecule has 0 nitrogen and oxygen atoms in total. The molecule has 0 aromatic carbocycles. The Morgan fingerprint density at radius 1 is 0.833 bits per heavy atom. The molecule has 0 heterocycles. The van der Waals surface area contributed by atoms with Gasteiger partial charge in [-0.3, -0.25) is 0 Å². The van der Waals surface area contributed by atoms with Crippen LogP contribution in [0.15, 0.2) is 0 Å². The zero-order valence-corrected chi connectivity index (χ0v) is 6.26. The fraction of sp³-hybridized carbons (Fsp3) is 0. The maximum absolute atomic E-state index is 4.94. The molecule has 0 amide bonds. The lowest BCUT2D eigenvalue weighted by Crippen LogP contribution is -3.00. The van der Waals surface area contributed by atoms with Crippen molar-refractivity contribution in [3.8, 4) is 0 Å². The summed E-state index contributed by atoms with van der Waals surface area (Å²) in [6.45, 7) is 0. The van der Waals surface area contributed by atoms with Gasteiger partial charge >= 0.3 is 4.67 Å². The number of hydrogen-bond donors (Lipinski definition) is 0. The fourth-order valence-corrected chi connectivity index (χ4v) is 0. The predicted molar refractivity (Wildman–Crippen MR) is 30.3 cm³/mol. The van der Waals surface area contributed by atoms with Crippen LogP contribution < -0.4 is 4.70 Å². The van der Waals surface area contributed by atoms with Crippen LogP contribution in [-0.2, 0) is 0 Å². The van der Waals surface area contributed by atoms with Gasteiger partial charge in [0.25, 0.3) is 0 Å². The van der Waals surface area contributed by atoms with Gasteiger partial charge in [0.1, 0.15) is 45.0 Å². The van der Waals surface area contributed by atoms with Gasteiger partial charge in [-0.15, -0.1) is 0 Å². The summed E-state index contributed by atoms with van der Waals surface area (Å²) in [5.41, 5.74) is 0. The van der Waals surface area contributed by atoms with Gasteiger partial charge in [0.05, 0.1) is 0 Å². The Morgan fingerprint density at radius 3 is 0.833 bits per heavy atom. The van der Waals surface area contributed by atoms with Gasteiger partial charge < -0.3 is 4.70 Å². The summed E-state index contributed by atoms with van der Waals surface area (Å²) in [4.78, 5) is 0. The van der Waals surface area contributed by atoms with Gasteiger partial charge in [0, 0.05) is 0 Å². The molecule has 6 heteroatoms. The van der Waals surface area contributed by atoms with E-state index in [9.17, 15) is 0 Å². The van der Waals surface area contributed by atoms with Crippen molar-refractivity contribution in [3.63, 3.8) is 0 Å². The van der Waals surface area contributed by atoms with E-state index in [0.717, 1.165) is 0 Å². The average molecular weight is 192 g/mol. The second-order valence-electron chi connectivity index (χ2n) is 0.383. The van der Waals surface area contributed by atoms with Gasteiger partial charge in [-0.25, -0.2) is 0 Å². The topological polar surface area (TPSA) is 0 Å². The van der Waals surface area contributed by atoms with Crippen LogP contribution in [0.25, 0.3) is 0 Å². The van der Waals surface area contributed by atoms with Crippen molar-refractivity contribution in [1.29, 1.82) is 0 Å². The van der Waals surface area contributed by atoms with Crippen LogP contribution in [0.5, 0.6) is 0 Å². The van der Waals surface area contributed by atoms with Crippen molar-refractivity contribution in [2.24, 2.45) is 0 Å². The van der Waals surface area contributed by atoms with Gasteiger partial charge in [0.15, 0.2) is 0 Å². The van der Waals surface area contributed by atoms with Crippen LogP contribution >= 0.6 is 49.6 Å². The van der Waals surface area contributed by atoms with Crippen LogP contribution in [0.4, 0.5) is 0 Å². The molecule has 0 saturated carbocycles. The summed E-state index contributed by atoms with van der Waals surface area (Å²) in [6, 6.07) is 0. The molecule has 0 aliphatic rings. The van der Waals surface area contributed by atoms with E-state index in [-0.39, 0.29) is 4.70 Å². The van der Waals surface area contributed by atoms with Crippen molar-refractivity contribution in [2.45, 2.75) is 0 Å². The zero-order chi connectivity index (χ0) is 4.50. The molecule has 0 bridgehead atoms. The molecule has 0 saturated heterocycles. The van der Waals surface area contributed by atoms with E-state index in [2.05, 4.69) is 0 Å². The summed E-state index contributed by atoms with van der Waals surface area (Å²) in [7, 11) is 0. The van der Waals surface area contributed by atoms with Crippen molar-refractivity contribution in [2.75, 3.05) is 0 Å². The van der Waals surface area contributed by atoms with E-state index in [1.54, 1.807) is 0 Å². The third kappa shape index (κ3) is 48.8. The van der Waals surface area contributed by atoms with Crippen molar-refractivity contribution in [1.82, 2.24) is 0 Å². The molecule has 0 fully saturated rings. The van der Waals surface area contributed by atoms with Crippen LogP contribution in [0.1, 0.15) is 0 Å². The highest BCUT2D eigenvalue weighted by atomic mass is 36.2. The fourth-order valence-electron chi connectivity index (χ4n) is 0. The van der Waals surface area contributed by atoms with Crippen molar-refractivity contribution >= 4 is 49.6 Å². The molecule has 0 radical (unpaired) electrons. The van der Waals surface area contributed by atoms with E-state index < -0.39 is 4.67 Å². The zero-order valence-electron chi connectivity index (χ0n) is 2.34. The molecular weight excluding hydrogens is 192 g/mol. The molecule has 0 aliphatic heterocycles. The molecule has 0 aromatic rings. The number of halogens is 5. The van der Waals surface area contributed by atoms with Crippen LogP contribution in [0.3, 0.4) is 0 Å². The van der Waals surface area contributed by atoms with E-state index in [1.165, 1.54) is 0 Å². The molecular formula is Cl4FP. The average Bonchev–Trinajstić information content (AvgIpc) is 0.722. The minimum Gasteiger partial charge on any atom is -1.00 e. The first-order valence-corrected chi connectivity index (χ1v) is 6.09. The summed E-state index contributed by atoms with van der Waals surface area (Å²) >= 11 is 19.8. The third-order valence-corrected chi connectivity index (χ3v) is 0. The highest BCUT2D eigenvalue weighted by Crippen LogP contribution is 2.78. The first-order chi connectivity index (χ1) is 2.00. The maximum Gasteiger partial charge on any atom is 0.402 e. The van der Waals surface area contributed by atoms with Crippen LogP contribution in [0.2, 0.25) is 0 Å². The van der Waals surface area contributed by atoms with E-state index in [0.29, 0.717) is 0 Å². The molecule has 0 rings (SSSR count). The van der Waals surface area contributed by atoms with Gasteiger partial charge in [0.2, 0.25) is 0 Å². The first-order valence-electron chi connectivity index (χ1n) is 0.676. The predicted octanol–water partition coefficient (Wildman–Crippen LogP) is 0.623. The molecule has 6 heavy (non-hydrogen) atoms. The maximum atomic E-state index is 4.94. The third-order valence-electron chi connectivity index (χ3n) is 0. The highest BCUT2D eigenvalue weighted by Gasteiger charge is 2.28. The largest absolute Gasteiger partial charge is 1.00 e. The smallest absolute Gasteiger partial charge is 0.402 e. The van der Waals surface area contributed by atoms with Gasteiger partial charge in [-0.05, 0) is 0 Å². The number of rotatable bonds is 0. The van der Waals surface area contributed by atoms with Crippen LogP contribution in [0, 0.1) is 0 Å². The number of hydrogen-bond acceptors (Lipinski definition) is 0. The Labute approximate surface area is 54.6 Å². The second kappa shape index (κ2) is 3.51. The Kier molecular flexibility index (Phi) is 6.14. The Hall–Kier alpha value is 1.52. The van der Waals surface area contributed by atoms with E-state index >= 15 is 0 Å². The second-order valence-corrected chi connectivity index (χ2v) is 10.3. The van der Waals surface area contributed by atoms with Crippen molar-refractivity contribution in [3.05, 3.63) is 0 Å². The summed E-state index contributed by atoms with van der Waals surface area (Å²) in [6.07, 6.45) is 0. The summed E-state index contributed by atoms with van der Waals surface area (Å²) in [5.74, 6) is 0. The van der Waals surface area contributed by atoms with E-state index in [4.69, 9.17) is 45.0 Å². The monoisotopic (exact) mass is 190 g/mol. The molecule has 0 aliphatic carbocycles. The minimum absolute atomic E-state index is 0. The Bertz CT molecular complexity index is 23.0. The normalized spacial score (nSPS) is 10.0. The molecule has 0 unspecified atom stereocenters. The van der Waals surface area contributed by atoms with E-state index in [1.807, 2.05) is 0 Å². The lowest BCUT2D eigenvalue weighted by Gasteiger charge is -1.73. The van der Waals surface area contributed by atoms with Gasteiger partial charge in [-0.1, -0.05) is 0 Å². The molecule has 40 valence electrons. The SMILES string of the molecule is Cl[P+](Cl)(Cl)Cl.[F-]. The standard InChI is InChI=1S/Cl4P.FH/c1-5(2,3)4;/h;1H/q+1;/p-1. The highest BCUT2D eigenvalue weighted by molar-refractivity contribution is 8.46. The molecule has 0 N–H and O–H groups in total. The quantitative estimate of drug-likeness (QED) is 0.493. The molecule has 0 spiro atoms. The van der Waals surface area contributed by atoms with Gasteiger partial charge in [-0.2, -0.15) is 0 Å². The summed E-state index contributed by atoms with van der Waals surface area (Å²) < 4.78 is -2.50. The molecule has 0 aromatic heterocycles. The Balaban J connectivity index is 0. The van der Waals surface area contributed by atoms with Crippen LogP contribution in [-0.4, -0.2) is 0 Å². The lowest BCUT2D eigenvalue weighted by atomic mass is 19.0. The summed E-state index contributed by atoms with van der Waals surface area (Å²) in [5, 5.41) is 0. The minimum atomic E-state index is -2.50. The Morgan fingerprint density at radius 2 is 0.833 bits per heavy atom. The van der Waals surface area contributed by atoms with Crippen molar-refractivity contribution < 1.29 is 4.70 Å². The molecule has 0 atom stereocenters.